The number of rotatable bonds is 6. The van der Waals surface area contributed by atoms with E-state index in [9.17, 15) is 13.2 Å². The number of benzene rings is 1. The maximum atomic E-state index is 12.5. The molecule has 26 heavy (non-hydrogen) atoms. The second-order valence-corrected chi connectivity index (χ2v) is 5.81. The van der Waals surface area contributed by atoms with Crippen LogP contribution in [0.2, 0.25) is 0 Å². The number of aliphatic imine (C=N–C) groups is 1. The fraction of sp³-hybridized carbons (Fsp3) is 0.500. The average Bonchev–Trinajstić information content (AvgIpc) is 2.61. The fourth-order valence-electron chi connectivity index (χ4n) is 2.54. The SMILES string of the molecule is CN=C(NCCC1=CCOCC1)NCCc1ccc(C(F)(F)F)cc1.I. The van der Waals surface area contributed by atoms with Crippen molar-refractivity contribution in [3.8, 4) is 0 Å². The van der Waals surface area contributed by atoms with Gasteiger partial charge in [0.2, 0.25) is 0 Å². The third-order valence-corrected chi connectivity index (χ3v) is 4.01. The van der Waals surface area contributed by atoms with Crippen LogP contribution >= 0.6 is 24.0 Å². The van der Waals surface area contributed by atoms with Gasteiger partial charge < -0.3 is 15.4 Å². The Hall–Kier alpha value is -1.29. The number of nitrogens with zero attached hydrogens (tertiary/aromatic N) is 1. The lowest BCUT2D eigenvalue weighted by Gasteiger charge is -2.15. The summed E-state index contributed by atoms with van der Waals surface area (Å²) in [4.78, 5) is 4.15. The summed E-state index contributed by atoms with van der Waals surface area (Å²) in [6, 6.07) is 5.25. The minimum absolute atomic E-state index is 0. The minimum Gasteiger partial charge on any atom is -0.377 e. The molecule has 0 fully saturated rings. The summed E-state index contributed by atoms with van der Waals surface area (Å²) in [6.07, 6.45) is 0.376. The lowest BCUT2D eigenvalue weighted by atomic mass is 10.1. The molecule has 0 aliphatic carbocycles. The number of hydrogen-bond acceptors (Lipinski definition) is 2. The van der Waals surface area contributed by atoms with Crippen molar-refractivity contribution in [1.29, 1.82) is 0 Å². The molecule has 0 aromatic heterocycles. The first-order valence-corrected chi connectivity index (χ1v) is 8.35. The van der Waals surface area contributed by atoms with Gasteiger partial charge >= 0.3 is 6.18 Å². The quantitative estimate of drug-likeness (QED) is 0.281. The first kappa shape index (κ1) is 22.8. The molecule has 0 amide bonds. The largest absolute Gasteiger partial charge is 0.416 e. The number of alkyl halides is 3. The van der Waals surface area contributed by atoms with Crippen molar-refractivity contribution in [2.75, 3.05) is 33.4 Å². The highest BCUT2D eigenvalue weighted by atomic mass is 127. The van der Waals surface area contributed by atoms with E-state index >= 15 is 0 Å². The molecule has 0 unspecified atom stereocenters. The monoisotopic (exact) mass is 483 g/mol. The van der Waals surface area contributed by atoms with Gasteiger partial charge in [-0.05, 0) is 37.0 Å². The predicted octanol–water partition coefficient (Wildman–Crippen LogP) is 3.77. The molecular weight excluding hydrogens is 458 g/mol. The summed E-state index contributed by atoms with van der Waals surface area (Å²) >= 11 is 0. The standard InChI is InChI=1S/C18H24F3N3O.HI/c1-22-17(24-11-7-15-8-12-25-13-9-15)23-10-6-14-2-4-16(5-3-14)18(19,20)21;/h2-5,8H,6-7,9-13H2,1H3,(H2,22,23,24);1H. The van der Waals surface area contributed by atoms with Crippen molar-refractivity contribution in [1.82, 2.24) is 10.6 Å². The zero-order valence-corrected chi connectivity index (χ0v) is 17.1. The fourth-order valence-corrected chi connectivity index (χ4v) is 2.54. The lowest BCUT2D eigenvalue weighted by Crippen LogP contribution is -2.38. The Labute approximate surface area is 169 Å². The van der Waals surface area contributed by atoms with Crippen LogP contribution in [0.5, 0.6) is 0 Å². The van der Waals surface area contributed by atoms with Gasteiger partial charge in [0.1, 0.15) is 0 Å². The van der Waals surface area contributed by atoms with Gasteiger partial charge in [0.15, 0.2) is 5.96 Å². The summed E-state index contributed by atoms with van der Waals surface area (Å²) in [5.41, 5.74) is 1.62. The van der Waals surface area contributed by atoms with E-state index < -0.39 is 11.7 Å². The number of halogens is 4. The molecule has 146 valence electrons. The summed E-state index contributed by atoms with van der Waals surface area (Å²) < 4.78 is 42.9. The zero-order chi connectivity index (χ0) is 18.1. The molecule has 1 heterocycles. The van der Waals surface area contributed by atoms with Crippen LogP contribution in [0.15, 0.2) is 40.9 Å². The maximum absolute atomic E-state index is 12.5. The molecule has 1 aliphatic rings. The minimum atomic E-state index is -4.29. The van der Waals surface area contributed by atoms with Crippen LogP contribution in [0.25, 0.3) is 0 Å². The Morgan fingerprint density at radius 1 is 1.12 bits per heavy atom. The Bertz CT molecular complexity index is 601. The first-order chi connectivity index (χ1) is 12.0. The van der Waals surface area contributed by atoms with Crippen LogP contribution in [0, 0.1) is 0 Å². The van der Waals surface area contributed by atoms with Crippen molar-refractivity contribution >= 4 is 29.9 Å². The van der Waals surface area contributed by atoms with Crippen LogP contribution in [-0.4, -0.2) is 39.3 Å². The molecule has 0 radical (unpaired) electrons. The molecule has 2 rings (SSSR count). The van der Waals surface area contributed by atoms with Crippen molar-refractivity contribution in [2.45, 2.75) is 25.4 Å². The van der Waals surface area contributed by atoms with Crippen LogP contribution in [-0.2, 0) is 17.3 Å². The molecule has 2 N–H and O–H groups in total. The molecule has 4 nitrogen and oxygen atoms in total. The lowest BCUT2D eigenvalue weighted by molar-refractivity contribution is -0.137. The highest BCUT2D eigenvalue weighted by molar-refractivity contribution is 14.0. The van der Waals surface area contributed by atoms with Gasteiger partial charge in [-0.25, -0.2) is 0 Å². The highest BCUT2D eigenvalue weighted by Gasteiger charge is 2.29. The Morgan fingerprint density at radius 2 is 1.77 bits per heavy atom. The molecule has 0 spiro atoms. The molecule has 0 saturated carbocycles. The molecular formula is C18H25F3IN3O. The molecule has 0 saturated heterocycles. The second kappa shape index (κ2) is 11.4. The Kier molecular flexibility index (Phi) is 10.0. The van der Waals surface area contributed by atoms with E-state index in [1.54, 1.807) is 7.05 Å². The van der Waals surface area contributed by atoms with Crippen molar-refractivity contribution in [3.05, 3.63) is 47.0 Å². The second-order valence-electron chi connectivity index (χ2n) is 5.81. The third-order valence-electron chi connectivity index (χ3n) is 4.01. The van der Waals surface area contributed by atoms with Gasteiger partial charge in [0.25, 0.3) is 0 Å². The Morgan fingerprint density at radius 3 is 2.31 bits per heavy atom. The van der Waals surface area contributed by atoms with Gasteiger partial charge in [-0.3, -0.25) is 4.99 Å². The van der Waals surface area contributed by atoms with Gasteiger partial charge in [0, 0.05) is 20.1 Å². The number of hydrogen-bond donors (Lipinski definition) is 2. The smallest absolute Gasteiger partial charge is 0.377 e. The summed E-state index contributed by atoms with van der Waals surface area (Å²) in [7, 11) is 1.70. The van der Waals surface area contributed by atoms with E-state index in [4.69, 9.17) is 4.74 Å². The van der Waals surface area contributed by atoms with E-state index in [-0.39, 0.29) is 24.0 Å². The van der Waals surface area contributed by atoms with E-state index in [1.165, 1.54) is 17.7 Å². The molecule has 0 bridgehead atoms. The third kappa shape index (κ3) is 7.94. The van der Waals surface area contributed by atoms with Crippen molar-refractivity contribution in [2.24, 2.45) is 4.99 Å². The summed E-state index contributed by atoms with van der Waals surface area (Å²) in [6.45, 7) is 2.86. The normalized spacial score (nSPS) is 15.1. The zero-order valence-electron chi connectivity index (χ0n) is 14.7. The first-order valence-electron chi connectivity index (χ1n) is 8.35. The Balaban J connectivity index is 0.00000338. The number of ether oxygens (including phenoxy) is 1. The van der Waals surface area contributed by atoms with Crippen molar-refractivity contribution < 1.29 is 17.9 Å². The van der Waals surface area contributed by atoms with E-state index in [1.807, 2.05) is 0 Å². The van der Waals surface area contributed by atoms with Crippen LogP contribution < -0.4 is 10.6 Å². The topological polar surface area (TPSA) is 45.7 Å². The van der Waals surface area contributed by atoms with E-state index in [0.29, 0.717) is 25.5 Å². The summed E-state index contributed by atoms with van der Waals surface area (Å²) in [5.74, 6) is 0.694. The number of guanidine groups is 1. The molecule has 8 heteroatoms. The van der Waals surface area contributed by atoms with Crippen LogP contribution in [0.3, 0.4) is 0 Å². The van der Waals surface area contributed by atoms with Crippen molar-refractivity contribution in [3.63, 3.8) is 0 Å². The highest BCUT2D eigenvalue weighted by Crippen LogP contribution is 2.29. The summed E-state index contributed by atoms with van der Waals surface area (Å²) in [5, 5.41) is 6.41. The van der Waals surface area contributed by atoms with E-state index in [2.05, 4.69) is 21.7 Å². The van der Waals surface area contributed by atoms with Crippen LogP contribution in [0.4, 0.5) is 13.2 Å². The molecule has 1 aromatic rings. The van der Waals surface area contributed by atoms with Gasteiger partial charge in [-0.15, -0.1) is 24.0 Å². The molecule has 1 aromatic carbocycles. The van der Waals surface area contributed by atoms with Gasteiger partial charge in [-0.1, -0.05) is 23.8 Å². The average molecular weight is 483 g/mol. The molecule has 0 atom stereocenters. The molecule has 1 aliphatic heterocycles. The number of nitrogens with one attached hydrogen (secondary N) is 2. The van der Waals surface area contributed by atoms with Crippen LogP contribution in [0.1, 0.15) is 24.0 Å². The van der Waals surface area contributed by atoms with Gasteiger partial charge in [-0.2, -0.15) is 13.2 Å². The van der Waals surface area contributed by atoms with Gasteiger partial charge in [0.05, 0.1) is 18.8 Å². The maximum Gasteiger partial charge on any atom is 0.416 e. The predicted molar refractivity (Wildman–Crippen MR) is 108 cm³/mol. The van der Waals surface area contributed by atoms with E-state index in [0.717, 1.165) is 43.7 Å².